The van der Waals surface area contributed by atoms with Crippen molar-refractivity contribution in [2.45, 2.75) is 46.2 Å². The zero-order valence-electron chi connectivity index (χ0n) is 23.7. The van der Waals surface area contributed by atoms with Crippen LogP contribution in [0.5, 0.6) is 5.75 Å². The van der Waals surface area contributed by atoms with Crippen molar-refractivity contribution in [2.24, 2.45) is 0 Å². The van der Waals surface area contributed by atoms with E-state index in [0.717, 1.165) is 64.5 Å². The van der Waals surface area contributed by atoms with E-state index >= 15 is 0 Å². The lowest BCUT2D eigenvalue weighted by Crippen LogP contribution is -2.54. The van der Waals surface area contributed by atoms with Crippen molar-refractivity contribution >= 4 is 17.3 Å². The predicted molar refractivity (Wildman–Crippen MR) is 157 cm³/mol. The molecule has 8 heteroatoms. The minimum Gasteiger partial charge on any atom is -0.495 e. The number of hydrogen-bond acceptors (Lipinski definition) is 7. The number of amides is 1. The van der Waals surface area contributed by atoms with Gasteiger partial charge in [0.25, 0.3) is 5.91 Å². The third-order valence-corrected chi connectivity index (χ3v) is 7.87. The highest BCUT2D eigenvalue weighted by Gasteiger charge is 2.30. The normalized spacial score (nSPS) is 18.6. The molecular weight excluding hydrogens is 502 g/mol. The second-order valence-electron chi connectivity index (χ2n) is 11.0. The van der Waals surface area contributed by atoms with Gasteiger partial charge in [0.05, 0.1) is 12.8 Å². The number of anilines is 2. The maximum absolute atomic E-state index is 13.7. The Morgan fingerprint density at radius 3 is 2.35 bits per heavy atom. The number of aryl methyl sites for hydroxylation is 2. The summed E-state index contributed by atoms with van der Waals surface area (Å²) in [4.78, 5) is 22.3. The minimum absolute atomic E-state index is 0.0167. The average molecular weight is 538 g/mol. The highest BCUT2D eigenvalue weighted by atomic mass is 16.5. The van der Waals surface area contributed by atoms with Crippen LogP contribution in [-0.4, -0.2) is 54.9 Å². The summed E-state index contributed by atoms with van der Waals surface area (Å²) < 4.78 is 10.9. The molecule has 2 aliphatic heterocycles. The summed E-state index contributed by atoms with van der Waals surface area (Å²) in [5.41, 5.74) is 8.03. The Hall–Kier alpha value is -4.17. The number of ether oxygens (including phenoxy) is 1. The van der Waals surface area contributed by atoms with E-state index in [0.29, 0.717) is 35.9 Å². The van der Waals surface area contributed by atoms with E-state index in [2.05, 4.69) is 65.4 Å². The Labute approximate surface area is 234 Å². The molecule has 1 N–H and O–H groups in total. The largest absolute Gasteiger partial charge is 0.495 e. The molecule has 2 atom stereocenters. The maximum atomic E-state index is 13.7. The number of hydrogen-bond donors (Lipinski definition) is 1. The van der Waals surface area contributed by atoms with Crippen LogP contribution in [0.4, 0.5) is 11.4 Å². The van der Waals surface area contributed by atoms with E-state index < -0.39 is 0 Å². The van der Waals surface area contributed by atoms with Crippen molar-refractivity contribution < 1.29 is 14.1 Å². The molecule has 206 valence electrons. The molecular formula is C32H35N5O3. The quantitative estimate of drug-likeness (QED) is 0.364. The van der Waals surface area contributed by atoms with E-state index in [9.17, 15) is 4.79 Å². The zero-order chi connectivity index (χ0) is 28.0. The van der Waals surface area contributed by atoms with Gasteiger partial charge in [0.1, 0.15) is 5.75 Å². The number of rotatable bonds is 5. The lowest BCUT2D eigenvalue weighted by molar-refractivity contribution is 0.0989. The fourth-order valence-corrected chi connectivity index (χ4v) is 6.04. The molecule has 1 saturated heterocycles. The molecule has 4 aromatic rings. The molecule has 0 saturated carbocycles. The topological polar surface area (TPSA) is 83.7 Å². The van der Waals surface area contributed by atoms with Gasteiger partial charge >= 0.3 is 0 Å². The summed E-state index contributed by atoms with van der Waals surface area (Å²) in [5.74, 6) is 2.01. The second kappa shape index (κ2) is 10.4. The molecule has 1 amide bonds. The molecule has 0 unspecified atom stereocenters. The summed E-state index contributed by atoms with van der Waals surface area (Å²) in [6.45, 7) is 10.7. The van der Waals surface area contributed by atoms with Crippen molar-refractivity contribution in [3.05, 3.63) is 77.2 Å². The summed E-state index contributed by atoms with van der Waals surface area (Å²) in [6.07, 6.45) is 0.815. The number of piperazine rings is 1. The lowest BCUT2D eigenvalue weighted by Gasteiger charge is -2.38. The third-order valence-electron chi connectivity index (χ3n) is 7.87. The molecule has 2 aliphatic rings. The van der Waals surface area contributed by atoms with Gasteiger partial charge in [-0.05, 0) is 79.8 Å². The minimum atomic E-state index is 0.0167. The van der Waals surface area contributed by atoms with Crippen LogP contribution in [-0.2, 0) is 6.42 Å². The monoisotopic (exact) mass is 537 g/mol. The number of nitrogens with zero attached hydrogens (tertiary/aromatic N) is 4. The first-order valence-electron chi connectivity index (χ1n) is 13.9. The maximum Gasteiger partial charge on any atom is 0.258 e. The second-order valence-corrected chi connectivity index (χ2v) is 11.0. The van der Waals surface area contributed by atoms with Crippen molar-refractivity contribution in [3.8, 4) is 28.3 Å². The van der Waals surface area contributed by atoms with Crippen LogP contribution in [0, 0.1) is 13.8 Å². The fourth-order valence-electron chi connectivity index (χ4n) is 6.04. The smallest absolute Gasteiger partial charge is 0.258 e. The highest BCUT2D eigenvalue weighted by molar-refractivity contribution is 6.08. The number of benzene rings is 3. The SMILES string of the molecule is COc1cc2c(cc1N1C[C@@H](C)N[C@@H](C)C1)N(C(=O)c1ccc(-c3ccc(-c4noc(C)n4)cc3C)cc1)CC2. The van der Waals surface area contributed by atoms with Gasteiger partial charge in [-0.3, -0.25) is 4.79 Å². The zero-order valence-corrected chi connectivity index (χ0v) is 23.7. The molecule has 0 spiro atoms. The van der Waals surface area contributed by atoms with Crippen LogP contribution < -0.4 is 19.9 Å². The Kier molecular flexibility index (Phi) is 6.80. The van der Waals surface area contributed by atoms with E-state index in [1.165, 1.54) is 0 Å². The van der Waals surface area contributed by atoms with E-state index in [-0.39, 0.29) is 5.91 Å². The Morgan fingerprint density at radius 1 is 0.975 bits per heavy atom. The Morgan fingerprint density at radius 2 is 1.70 bits per heavy atom. The first kappa shape index (κ1) is 26.1. The van der Waals surface area contributed by atoms with Gasteiger partial charge in [-0.1, -0.05) is 29.4 Å². The molecule has 0 aliphatic carbocycles. The predicted octanol–water partition coefficient (Wildman–Crippen LogP) is 5.42. The number of carbonyl (C=O) groups is 1. The molecule has 3 aromatic carbocycles. The van der Waals surface area contributed by atoms with Crippen molar-refractivity contribution in [1.29, 1.82) is 0 Å². The van der Waals surface area contributed by atoms with Gasteiger partial charge in [0.15, 0.2) is 0 Å². The molecule has 1 aromatic heterocycles. The number of fused-ring (bicyclic) bond motifs is 1. The Balaban J connectivity index is 1.24. The molecule has 0 radical (unpaired) electrons. The van der Waals surface area contributed by atoms with Gasteiger partial charge < -0.3 is 24.4 Å². The van der Waals surface area contributed by atoms with Crippen LogP contribution in [0.15, 0.2) is 59.1 Å². The van der Waals surface area contributed by atoms with Gasteiger partial charge in [-0.2, -0.15) is 4.98 Å². The van der Waals surface area contributed by atoms with E-state index in [4.69, 9.17) is 9.26 Å². The van der Waals surface area contributed by atoms with Crippen LogP contribution in [0.3, 0.4) is 0 Å². The van der Waals surface area contributed by atoms with Crippen LogP contribution >= 0.6 is 0 Å². The average Bonchev–Trinajstić information content (AvgIpc) is 3.57. The number of aromatic nitrogens is 2. The summed E-state index contributed by atoms with van der Waals surface area (Å²) in [6, 6.07) is 19.0. The summed E-state index contributed by atoms with van der Waals surface area (Å²) >= 11 is 0. The highest BCUT2D eigenvalue weighted by Crippen LogP contribution is 2.40. The number of nitrogens with one attached hydrogen (secondary N) is 1. The van der Waals surface area contributed by atoms with Gasteiger partial charge in [-0.25, -0.2) is 0 Å². The standard InChI is InChI=1S/C32H35N5O3/c1-19-14-26(31-34-22(4)40-35-31)10-11-27(19)23-6-8-24(9-7-23)32(38)37-13-12-25-15-30(39-5)29(16-28(25)37)36-17-20(2)33-21(3)18-36/h6-11,14-16,20-21,33H,12-13,17-18H2,1-5H3/t20-,21+. The van der Waals surface area contributed by atoms with Crippen molar-refractivity contribution in [3.63, 3.8) is 0 Å². The fraction of sp³-hybridized carbons (Fsp3) is 0.344. The van der Waals surface area contributed by atoms with E-state index in [1.807, 2.05) is 35.2 Å². The number of methoxy groups -OCH3 is 1. The van der Waals surface area contributed by atoms with Crippen molar-refractivity contribution in [2.75, 3.05) is 36.5 Å². The molecule has 8 nitrogen and oxygen atoms in total. The van der Waals surface area contributed by atoms with Gasteiger partial charge in [0, 0.05) is 55.5 Å². The van der Waals surface area contributed by atoms with Crippen LogP contribution in [0.2, 0.25) is 0 Å². The van der Waals surface area contributed by atoms with Crippen molar-refractivity contribution in [1.82, 2.24) is 15.5 Å². The Bertz CT molecular complexity index is 1550. The van der Waals surface area contributed by atoms with Gasteiger partial charge in [0.2, 0.25) is 11.7 Å². The van der Waals surface area contributed by atoms with Crippen LogP contribution in [0.1, 0.15) is 41.2 Å². The summed E-state index contributed by atoms with van der Waals surface area (Å²) in [5, 5.41) is 7.61. The molecule has 6 rings (SSSR count). The van der Waals surface area contributed by atoms with E-state index in [1.54, 1.807) is 14.0 Å². The third kappa shape index (κ3) is 4.84. The van der Waals surface area contributed by atoms with Crippen LogP contribution in [0.25, 0.3) is 22.5 Å². The molecule has 1 fully saturated rings. The van der Waals surface area contributed by atoms with Gasteiger partial charge in [-0.15, -0.1) is 0 Å². The first-order chi connectivity index (χ1) is 19.3. The molecule has 40 heavy (non-hydrogen) atoms. The lowest BCUT2D eigenvalue weighted by atomic mass is 9.97. The molecule has 3 heterocycles. The number of carbonyl (C=O) groups excluding carboxylic acids is 1. The summed E-state index contributed by atoms with van der Waals surface area (Å²) in [7, 11) is 1.72. The first-order valence-corrected chi connectivity index (χ1v) is 13.9. The molecule has 0 bridgehead atoms.